The van der Waals surface area contributed by atoms with Crippen LogP contribution in [0, 0.1) is 6.92 Å². The second-order valence-corrected chi connectivity index (χ2v) is 6.61. The number of hydrogen-bond acceptors (Lipinski definition) is 4. The number of morpholine rings is 1. The first-order chi connectivity index (χ1) is 10.7. The van der Waals surface area contributed by atoms with Crippen LogP contribution in [0.2, 0.25) is 0 Å². The summed E-state index contributed by atoms with van der Waals surface area (Å²) in [6.07, 6.45) is 2.95. The van der Waals surface area contributed by atoms with Gasteiger partial charge in [-0.2, -0.15) is 0 Å². The van der Waals surface area contributed by atoms with Gasteiger partial charge < -0.3 is 14.6 Å². The van der Waals surface area contributed by atoms with Crippen LogP contribution in [0.5, 0.6) is 0 Å². The highest BCUT2D eigenvalue weighted by molar-refractivity contribution is 5.27. The lowest BCUT2D eigenvalue weighted by Gasteiger charge is -2.46. The van der Waals surface area contributed by atoms with E-state index in [4.69, 9.17) is 9.47 Å². The molecule has 1 aromatic carbocycles. The Kier molecular flexibility index (Phi) is 5.14. The molecule has 2 aliphatic rings. The highest BCUT2D eigenvalue weighted by atomic mass is 16.5. The van der Waals surface area contributed by atoms with E-state index < -0.39 is 5.60 Å². The Balaban J connectivity index is 1.72. The van der Waals surface area contributed by atoms with Crippen LogP contribution in [-0.4, -0.2) is 61.2 Å². The molecule has 2 saturated heterocycles. The Morgan fingerprint density at radius 3 is 2.73 bits per heavy atom. The summed E-state index contributed by atoms with van der Waals surface area (Å²) in [6.45, 7) is 6.37. The minimum absolute atomic E-state index is 0.0705. The Morgan fingerprint density at radius 2 is 2.00 bits per heavy atom. The number of benzene rings is 1. The molecule has 22 heavy (non-hydrogen) atoms. The molecule has 1 aromatic rings. The lowest BCUT2D eigenvalue weighted by Crippen LogP contribution is -2.58. The molecule has 2 heterocycles. The predicted octanol–water partition coefficient (Wildman–Crippen LogP) is 1.78. The second kappa shape index (κ2) is 7.09. The standard InChI is InChI=1S/C18H27NO3/c1-15-4-2-3-5-16(15)12-18(14-20)13-19(8-11-22-18)17-6-9-21-10-7-17/h2-5,17,20H,6-14H2,1H3. The van der Waals surface area contributed by atoms with Crippen molar-refractivity contribution in [2.75, 3.05) is 39.5 Å². The van der Waals surface area contributed by atoms with Crippen LogP contribution >= 0.6 is 0 Å². The van der Waals surface area contributed by atoms with Gasteiger partial charge in [-0.15, -0.1) is 0 Å². The molecule has 0 saturated carbocycles. The molecular weight excluding hydrogens is 278 g/mol. The summed E-state index contributed by atoms with van der Waals surface area (Å²) in [5.41, 5.74) is 2.07. The van der Waals surface area contributed by atoms with Crippen molar-refractivity contribution in [2.24, 2.45) is 0 Å². The molecule has 0 radical (unpaired) electrons. The van der Waals surface area contributed by atoms with Crippen molar-refractivity contribution in [2.45, 2.75) is 37.8 Å². The Hall–Kier alpha value is -0.940. The van der Waals surface area contributed by atoms with Crippen LogP contribution < -0.4 is 0 Å². The van der Waals surface area contributed by atoms with E-state index in [1.165, 1.54) is 11.1 Å². The molecule has 0 aliphatic carbocycles. The van der Waals surface area contributed by atoms with Gasteiger partial charge in [0.05, 0.1) is 13.2 Å². The molecule has 0 amide bonds. The zero-order valence-electron chi connectivity index (χ0n) is 13.5. The Morgan fingerprint density at radius 1 is 1.23 bits per heavy atom. The number of aryl methyl sites for hydroxylation is 1. The molecule has 4 heteroatoms. The number of ether oxygens (including phenoxy) is 2. The summed E-state index contributed by atoms with van der Waals surface area (Å²) in [4.78, 5) is 2.50. The maximum atomic E-state index is 10.0. The summed E-state index contributed by atoms with van der Waals surface area (Å²) in [5, 5.41) is 10.0. The maximum Gasteiger partial charge on any atom is 0.108 e. The van der Waals surface area contributed by atoms with Gasteiger partial charge in [0.1, 0.15) is 5.60 Å². The van der Waals surface area contributed by atoms with Crippen molar-refractivity contribution in [1.82, 2.24) is 4.90 Å². The van der Waals surface area contributed by atoms with E-state index in [1.54, 1.807) is 0 Å². The first-order valence-electron chi connectivity index (χ1n) is 8.34. The van der Waals surface area contributed by atoms with Crippen LogP contribution in [0.4, 0.5) is 0 Å². The van der Waals surface area contributed by atoms with Gasteiger partial charge in [-0.25, -0.2) is 0 Å². The average molecular weight is 305 g/mol. The van der Waals surface area contributed by atoms with E-state index >= 15 is 0 Å². The monoisotopic (exact) mass is 305 g/mol. The highest BCUT2D eigenvalue weighted by Gasteiger charge is 2.39. The molecule has 122 valence electrons. The average Bonchev–Trinajstić information content (AvgIpc) is 2.58. The van der Waals surface area contributed by atoms with Crippen LogP contribution in [0.25, 0.3) is 0 Å². The molecule has 4 nitrogen and oxygen atoms in total. The lowest BCUT2D eigenvalue weighted by atomic mass is 9.90. The van der Waals surface area contributed by atoms with E-state index in [-0.39, 0.29) is 6.61 Å². The van der Waals surface area contributed by atoms with Gasteiger partial charge in [-0.1, -0.05) is 24.3 Å². The van der Waals surface area contributed by atoms with Crippen molar-refractivity contribution < 1.29 is 14.6 Å². The molecule has 0 bridgehead atoms. The van der Waals surface area contributed by atoms with Crippen LogP contribution in [0.15, 0.2) is 24.3 Å². The van der Waals surface area contributed by atoms with Gasteiger partial charge in [0.15, 0.2) is 0 Å². The Labute approximate surface area is 133 Å². The maximum absolute atomic E-state index is 10.0. The zero-order chi connectivity index (χ0) is 15.4. The first-order valence-corrected chi connectivity index (χ1v) is 8.34. The van der Waals surface area contributed by atoms with Crippen LogP contribution in [-0.2, 0) is 15.9 Å². The van der Waals surface area contributed by atoms with Crippen molar-refractivity contribution >= 4 is 0 Å². The topological polar surface area (TPSA) is 41.9 Å². The van der Waals surface area contributed by atoms with Crippen molar-refractivity contribution in [1.29, 1.82) is 0 Å². The number of hydrogen-bond donors (Lipinski definition) is 1. The smallest absolute Gasteiger partial charge is 0.108 e. The summed E-state index contributed by atoms with van der Waals surface area (Å²) >= 11 is 0. The van der Waals surface area contributed by atoms with Gasteiger partial charge in [0.25, 0.3) is 0 Å². The normalized spacial score (nSPS) is 27.9. The molecule has 0 aromatic heterocycles. The minimum atomic E-state index is -0.470. The molecule has 2 aliphatic heterocycles. The third kappa shape index (κ3) is 3.51. The predicted molar refractivity (Wildman–Crippen MR) is 86.1 cm³/mol. The summed E-state index contributed by atoms with van der Waals surface area (Å²) in [6, 6.07) is 8.95. The fourth-order valence-corrected chi connectivity index (χ4v) is 3.65. The van der Waals surface area contributed by atoms with Gasteiger partial charge >= 0.3 is 0 Å². The van der Waals surface area contributed by atoms with Gasteiger partial charge in [-0.3, -0.25) is 4.90 Å². The largest absolute Gasteiger partial charge is 0.393 e. The number of nitrogens with zero attached hydrogens (tertiary/aromatic N) is 1. The van der Waals surface area contributed by atoms with E-state index in [0.717, 1.165) is 45.6 Å². The molecule has 1 unspecified atom stereocenters. The zero-order valence-corrected chi connectivity index (χ0v) is 13.5. The summed E-state index contributed by atoms with van der Waals surface area (Å²) in [7, 11) is 0. The van der Waals surface area contributed by atoms with Crippen LogP contribution in [0.3, 0.4) is 0 Å². The van der Waals surface area contributed by atoms with Crippen LogP contribution in [0.1, 0.15) is 24.0 Å². The summed E-state index contributed by atoms with van der Waals surface area (Å²) < 4.78 is 11.5. The third-order valence-electron chi connectivity index (χ3n) is 5.05. The molecule has 1 atom stereocenters. The third-order valence-corrected chi connectivity index (χ3v) is 5.05. The fraction of sp³-hybridized carbons (Fsp3) is 0.667. The van der Waals surface area contributed by atoms with Crippen molar-refractivity contribution in [3.63, 3.8) is 0 Å². The molecule has 0 spiro atoms. The SMILES string of the molecule is Cc1ccccc1CC1(CO)CN(C2CCOCC2)CCO1. The summed E-state index contributed by atoms with van der Waals surface area (Å²) in [5.74, 6) is 0. The highest BCUT2D eigenvalue weighted by Crippen LogP contribution is 2.27. The van der Waals surface area contributed by atoms with E-state index in [9.17, 15) is 5.11 Å². The van der Waals surface area contributed by atoms with Gasteiger partial charge in [-0.05, 0) is 30.9 Å². The first kappa shape index (κ1) is 15.9. The second-order valence-electron chi connectivity index (χ2n) is 6.61. The molecule has 3 rings (SSSR count). The molecule has 1 N–H and O–H groups in total. The van der Waals surface area contributed by atoms with E-state index in [2.05, 4.69) is 36.1 Å². The van der Waals surface area contributed by atoms with E-state index in [0.29, 0.717) is 12.6 Å². The number of rotatable bonds is 4. The molecular formula is C18H27NO3. The van der Waals surface area contributed by atoms with Gasteiger partial charge in [0.2, 0.25) is 0 Å². The lowest BCUT2D eigenvalue weighted by molar-refractivity contribution is -0.146. The molecule has 2 fully saturated rings. The number of aliphatic hydroxyl groups excluding tert-OH is 1. The minimum Gasteiger partial charge on any atom is -0.393 e. The number of aliphatic hydroxyl groups is 1. The van der Waals surface area contributed by atoms with Crippen molar-refractivity contribution in [3.05, 3.63) is 35.4 Å². The van der Waals surface area contributed by atoms with E-state index in [1.807, 2.05) is 0 Å². The fourth-order valence-electron chi connectivity index (χ4n) is 3.65. The van der Waals surface area contributed by atoms with Gasteiger partial charge in [0, 0.05) is 38.8 Å². The Bertz CT molecular complexity index is 487. The van der Waals surface area contributed by atoms with Crippen molar-refractivity contribution in [3.8, 4) is 0 Å². The quantitative estimate of drug-likeness (QED) is 0.921.